The van der Waals surface area contributed by atoms with E-state index >= 15 is 0 Å². The normalized spacial score (nSPS) is 19.1. The largest absolute Gasteiger partial charge is 0.326 e. The molecule has 2 aromatic rings. The van der Waals surface area contributed by atoms with Gasteiger partial charge in [0.25, 0.3) is 5.91 Å². The molecule has 4 heteroatoms. The molecule has 23 heavy (non-hydrogen) atoms. The third-order valence-electron chi connectivity index (χ3n) is 4.67. The van der Waals surface area contributed by atoms with Crippen LogP contribution >= 0.6 is 0 Å². The van der Waals surface area contributed by atoms with Crippen LogP contribution < -0.4 is 10.2 Å². The van der Waals surface area contributed by atoms with Crippen LogP contribution in [0, 0.1) is 0 Å². The molecule has 1 atom stereocenters. The van der Waals surface area contributed by atoms with Crippen LogP contribution in [0.1, 0.15) is 34.8 Å². The molecular weight excluding hydrogens is 288 g/mol. The van der Waals surface area contributed by atoms with Gasteiger partial charge in [0.15, 0.2) is 0 Å². The number of hydrogen-bond acceptors (Lipinski definition) is 2. The number of fused-ring (bicyclic) bond motifs is 2. The van der Waals surface area contributed by atoms with Crippen LogP contribution in [-0.2, 0) is 17.6 Å². The van der Waals surface area contributed by atoms with E-state index in [2.05, 4.69) is 18.3 Å². The van der Waals surface area contributed by atoms with Gasteiger partial charge in [-0.25, -0.2) is 0 Å². The molecule has 0 bridgehead atoms. The van der Waals surface area contributed by atoms with Crippen LogP contribution in [0.15, 0.2) is 42.5 Å². The van der Waals surface area contributed by atoms with Crippen LogP contribution in [0.25, 0.3) is 0 Å². The van der Waals surface area contributed by atoms with Crippen LogP contribution in [0.2, 0.25) is 0 Å². The molecule has 0 saturated heterocycles. The van der Waals surface area contributed by atoms with Gasteiger partial charge in [-0.15, -0.1) is 0 Å². The Balaban J connectivity index is 1.69. The monoisotopic (exact) mass is 306 g/mol. The third-order valence-corrected chi connectivity index (χ3v) is 4.67. The second-order valence-corrected chi connectivity index (χ2v) is 6.28. The van der Waals surface area contributed by atoms with Crippen molar-refractivity contribution in [1.29, 1.82) is 0 Å². The van der Waals surface area contributed by atoms with E-state index in [1.807, 2.05) is 35.2 Å². The molecule has 2 aliphatic heterocycles. The summed E-state index contributed by atoms with van der Waals surface area (Å²) in [5.41, 5.74) is 4.78. The van der Waals surface area contributed by atoms with Gasteiger partial charge >= 0.3 is 0 Å². The Kier molecular flexibility index (Phi) is 3.18. The molecule has 1 N–H and O–H groups in total. The molecule has 2 amide bonds. The van der Waals surface area contributed by atoms with Gasteiger partial charge < -0.3 is 10.2 Å². The molecule has 2 aromatic carbocycles. The van der Waals surface area contributed by atoms with Crippen LogP contribution in [0.3, 0.4) is 0 Å². The number of benzene rings is 2. The number of carbonyl (C=O) groups is 2. The Morgan fingerprint density at radius 2 is 1.96 bits per heavy atom. The van der Waals surface area contributed by atoms with Crippen molar-refractivity contribution >= 4 is 23.2 Å². The van der Waals surface area contributed by atoms with Crippen LogP contribution in [0.4, 0.5) is 11.4 Å². The van der Waals surface area contributed by atoms with E-state index in [9.17, 15) is 9.59 Å². The molecule has 116 valence electrons. The topological polar surface area (TPSA) is 49.4 Å². The molecular formula is C19H18N2O2. The highest BCUT2D eigenvalue weighted by atomic mass is 16.2. The Morgan fingerprint density at radius 3 is 2.83 bits per heavy atom. The van der Waals surface area contributed by atoms with Gasteiger partial charge in [-0.05, 0) is 55.2 Å². The quantitative estimate of drug-likeness (QED) is 0.880. The van der Waals surface area contributed by atoms with Gasteiger partial charge in [0.05, 0.1) is 0 Å². The summed E-state index contributed by atoms with van der Waals surface area (Å²) in [5.74, 6) is 0.0702. The van der Waals surface area contributed by atoms with E-state index in [-0.39, 0.29) is 17.9 Å². The van der Waals surface area contributed by atoms with Gasteiger partial charge in [-0.3, -0.25) is 9.59 Å². The fourth-order valence-corrected chi connectivity index (χ4v) is 3.53. The van der Waals surface area contributed by atoms with Crippen molar-refractivity contribution in [3.63, 3.8) is 0 Å². The first kappa shape index (κ1) is 14.0. The first-order valence-electron chi connectivity index (χ1n) is 7.98. The molecule has 0 radical (unpaired) electrons. The summed E-state index contributed by atoms with van der Waals surface area (Å²) in [6, 6.07) is 13.8. The lowest BCUT2D eigenvalue weighted by Gasteiger charge is -2.24. The SMILES string of the molecule is CC1Cc2ccccc2N1C(=O)c1ccc2c(c1)CCC(=O)N2. The maximum atomic E-state index is 13.0. The predicted octanol–water partition coefficient (Wildman–Crippen LogP) is 3.16. The molecule has 0 saturated carbocycles. The fourth-order valence-electron chi connectivity index (χ4n) is 3.53. The smallest absolute Gasteiger partial charge is 0.258 e. The summed E-state index contributed by atoms with van der Waals surface area (Å²) >= 11 is 0. The lowest BCUT2D eigenvalue weighted by atomic mass is 10.00. The van der Waals surface area contributed by atoms with Crippen molar-refractivity contribution in [1.82, 2.24) is 0 Å². The minimum atomic E-state index is 0.0298. The minimum Gasteiger partial charge on any atom is -0.326 e. The minimum absolute atomic E-state index is 0.0298. The highest BCUT2D eigenvalue weighted by molar-refractivity contribution is 6.08. The molecule has 0 aliphatic carbocycles. The van der Waals surface area contributed by atoms with Crippen LogP contribution in [-0.4, -0.2) is 17.9 Å². The maximum Gasteiger partial charge on any atom is 0.258 e. The van der Waals surface area contributed by atoms with Gasteiger partial charge in [0.2, 0.25) is 5.91 Å². The summed E-state index contributed by atoms with van der Waals surface area (Å²) in [6.45, 7) is 2.08. The first-order chi connectivity index (χ1) is 11.1. The van der Waals surface area contributed by atoms with E-state index in [0.29, 0.717) is 18.4 Å². The summed E-state index contributed by atoms with van der Waals surface area (Å²) in [5, 5.41) is 2.86. The average Bonchev–Trinajstić information content (AvgIpc) is 2.89. The van der Waals surface area contributed by atoms with Crippen molar-refractivity contribution in [2.24, 2.45) is 0 Å². The van der Waals surface area contributed by atoms with Crippen molar-refractivity contribution in [3.8, 4) is 0 Å². The zero-order valence-electron chi connectivity index (χ0n) is 13.0. The zero-order valence-corrected chi connectivity index (χ0v) is 13.0. The molecule has 2 heterocycles. The first-order valence-corrected chi connectivity index (χ1v) is 7.98. The second-order valence-electron chi connectivity index (χ2n) is 6.28. The Morgan fingerprint density at radius 1 is 1.13 bits per heavy atom. The number of nitrogens with zero attached hydrogens (tertiary/aromatic N) is 1. The lowest BCUT2D eigenvalue weighted by Crippen LogP contribution is -2.35. The number of para-hydroxylation sites is 1. The standard InChI is InChI=1S/C19H18N2O2/c1-12-10-14-4-2-3-5-17(14)21(12)19(23)15-6-8-16-13(11-15)7-9-18(22)20-16/h2-6,8,11-12H,7,9-10H2,1H3,(H,20,22). The number of anilines is 2. The summed E-state index contributed by atoms with van der Waals surface area (Å²) < 4.78 is 0. The van der Waals surface area contributed by atoms with Gasteiger partial charge in [0.1, 0.15) is 0 Å². The molecule has 4 nitrogen and oxygen atoms in total. The van der Waals surface area contributed by atoms with Gasteiger partial charge in [0, 0.05) is 29.4 Å². The summed E-state index contributed by atoms with van der Waals surface area (Å²) in [4.78, 5) is 26.3. The lowest BCUT2D eigenvalue weighted by molar-refractivity contribution is -0.116. The van der Waals surface area contributed by atoms with Gasteiger partial charge in [-0.1, -0.05) is 18.2 Å². The molecule has 2 aliphatic rings. The van der Waals surface area contributed by atoms with Crippen molar-refractivity contribution < 1.29 is 9.59 Å². The summed E-state index contributed by atoms with van der Waals surface area (Å²) in [7, 11) is 0. The van der Waals surface area contributed by atoms with E-state index in [0.717, 1.165) is 23.4 Å². The average molecular weight is 306 g/mol. The number of aryl methyl sites for hydroxylation is 1. The van der Waals surface area contributed by atoms with E-state index < -0.39 is 0 Å². The van der Waals surface area contributed by atoms with Crippen molar-refractivity contribution in [2.75, 3.05) is 10.2 Å². The number of carbonyl (C=O) groups excluding carboxylic acids is 2. The second kappa shape index (κ2) is 5.23. The third kappa shape index (κ3) is 2.31. The predicted molar refractivity (Wildman–Crippen MR) is 89.8 cm³/mol. The van der Waals surface area contributed by atoms with E-state index in [4.69, 9.17) is 0 Å². The molecule has 0 fully saturated rings. The van der Waals surface area contributed by atoms with Crippen LogP contribution in [0.5, 0.6) is 0 Å². The van der Waals surface area contributed by atoms with Gasteiger partial charge in [-0.2, -0.15) is 0 Å². The fraction of sp³-hybridized carbons (Fsp3) is 0.263. The number of hydrogen-bond donors (Lipinski definition) is 1. The van der Waals surface area contributed by atoms with E-state index in [1.165, 1.54) is 5.56 Å². The zero-order chi connectivity index (χ0) is 16.0. The molecule has 0 spiro atoms. The number of amides is 2. The Hall–Kier alpha value is -2.62. The van der Waals surface area contributed by atoms with Crippen molar-refractivity contribution in [3.05, 3.63) is 59.2 Å². The molecule has 0 aromatic heterocycles. The highest BCUT2D eigenvalue weighted by Gasteiger charge is 2.31. The summed E-state index contributed by atoms with van der Waals surface area (Å²) in [6.07, 6.45) is 2.06. The maximum absolute atomic E-state index is 13.0. The number of nitrogens with one attached hydrogen (secondary N) is 1. The molecule has 1 unspecified atom stereocenters. The van der Waals surface area contributed by atoms with E-state index in [1.54, 1.807) is 6.07 Å². The Bertz CT molecular complexity index is 813. The van der Waals surface area contributed by atoms with Crippen molar-refractivity contribution in [2.45, 2.75) is 32.2 Å². The highest BCUT2D eigenvalue weighted by Crippen LogP contribution is 2.33. The number of rotatable bonds is 1. The Labute approximate surface area is 135 Å². The molecule has 4 rings (SSSR count).